The van der Waals surface area contributed by atoms with Crippen LogP contribution in [0, 0.1) is 0 Å². The maximum atomic E-state index is 11.6. The molecule has 3 N–H and O–H groups in total. The van der Waals surface area contributed by atoms with Gasteiger partial charge in [0.1, 0.15) is 5.75 Å². The van der Waals surface area contributed by atoms with Crippen molar-refractivity contribution in [1.29, 1.82) is 0 Å². The van der Waals surface area contributed by atoms with E-state index in [-0.39, 0.29) is 18.6 Å². The van der Waals surface area contributed by atoms with Crippen molar-refractivity contribution < 1.29 is 27.2 Å². The predicted molar refractivity (Wildman–Crippen MR) is 139 cm³/mol. The van der Waals surface area contributed by atoms with Gasteiger partial charge in [-0.05, 0) is 61.4 Å². The largest absolute Gasteiger partial charge is 0.473 e. The standard InChI is InChI=1S/C25H22N6O6S/c1-13(2)37-24-22-23(27-11-26-22)30-25(31-24)29-15-4-5-19-18(8-15)17(9-16(28-19)10-38(32,33)34)14-3-6-20-21(7-14)36-12-35-20/h3-9,11,13H,10,12H2,1-2H3,(H,32,33,34)(H2,26,27,29,30,31). The Morgan fingerprint density at radius 1 is 1.08 bits per heavy atom. The molecule has 4 heterocycles. The van der Waals surface area contributed by atoms with E-state index < -0.39 is 15.9 Å². The smallest absolute Gasteiger partial charge is 0.270 e. The number of aromatic nitrogens is 5. The number of H-pyrrole nitrogens is 1. The van der Waals surface area contributed by atoms with Crippen LogP contribution < -0.4 is 19.5 Å². The van der Waals surface area contributed by atoms with Crippen LogP contribution in [0.25, 0.3) is 33.2 Å². The van der Waals surface area contributed by atoms with Crippen LogP contribution in [0.5, 0.6) is 17.4 Å². The van der Waals surface area contributed by atoms with Gasteiger partial charge in [0.15, 0.2) is 22.7 Å². The highest BCUT2D eigenvalue weighted by Crippen LogP contribution is 2.39. The van der Waals surface area contributed by atoms with Gasteiger partial charge in [-0.1, -0.05) is 6.07 Å². The molecule has 194 valence electrons. The summed E-state index contributed by atoms with van der Waals surface area (Å²) < 4.78 is 49.4. The van der Waals surface area contributed by atoms with Gasteiger partial charge in [-0.2, -0.15) is 18.4 Å². The molecule has 0 saturated heterocycles. The minimum atomic E-state index is -4.29. The fourth-order valence-corrected chi connectivity index (χ4v) is 4.74. The monoisotopic (exact) mass is 534 g/mol. The number of hydrogen-bond donors (Lipinski definition) is 3. The summed E-state index contributed by atoms with van der Waals surface area (Å²) >= 11 is 0. The number of imidazole rings is 1. The number of hydrogen-bond acceptors (Lipinski definition) is 10. The first-order chi connectivity index (χ1) is 18.2. The second kappa shape index (κ2) is 9.11. The van der Waals surface area contributed by atoms with E-state index in [1.54, 1.807) is 24.3 Å². The van der Waals surface area contributed by atoms with Gasteiger partial charge in [-0.15, -0.1) is 0 Å². The van der Waals surface area contributed by atoms with Crippen LogP contribution in [0.4, 0.5) is 11.6 Å². The van der Waals surface area contributed by atoms with E-state index in [1.807, 2.05) is 32.0 Å². The van der Waals surface area contributed by atoms with Crippen molar-refractivity contribution in [3.8, 4) is 28.5 Å². The molecule has 0 amide bonds. The summed E-state index contributed by atoms with van der Waals surface area (Å²) in [5, 5.41) is 3.94. The van der Waals surface area contributed by atoms with Gasteiger partial charge < -0.3 is 24.5 Å². The molecule has 1 aliphatic heterocycles. The van der Waals surface area contributed by atoms with Crippen molar-refractivity contribution in [1.82, 2.24) is 24.9 Å². The first kappa shape index (κ1) is 23.9. The summed E-state index contributed by atoms with van der Waals surface area (Å²) in [5.41, 5.74) is 3.93. The molecule has 0 radical (unpaired) electrons. The van der Waals surface area contributed by atoms with Crippen LogP contribution in [-0.4, -0.2) is 50.8 Å². The van der Waals surface area contributed by atoms with Gasteiger partial charge in [0.05, 0.1) is 23.6 Å². The highest BCUT2D eigenvalue weighted by atomic mass is 32.2. The molecule has 5 aromatic rings. The molecule has 0 fully saturated rings. The second-order valence-corrected chi connectivity index (χ2v) is 10.4. The van der Waals surface area contributed by atoms with Crippen LogP contribution in [0.3, 0.4) is 0 Å². The van der Waals surface area contributed by atoms with E-state index >= 15 is 0 Å². The maximum Gasteiger partial charge on any atom is 0.270 e. The Labute approximate surface area is 216 Å². The third-order valence-electron chi connectivity index (χ3n) is 5.73. The number of ether oxygens (including phenoxy) is 3. The zero-order valence-electron chi connectivity index (χ0n) is 20.3. The lowest BCUT2D eigenvalue weighted by Crippen LogP contribution is -2.09. The van der Waals surface area contributed by atoms with Crippen LogP contribution in [0.15, 0.2) is 48.8 Å². The van der Waals surface area contributed by atoms with Crippen LogP contribution in [0.1, 0.15) is 19.5 Å². The van der Waals surface area contributed by atoms with E-state index in [4.69, 9.17) is 14.2 Å². The van der Waals surface area contributed by atoms with Crippen molar-refractivity contribution in [3.05, 3.63) is 54.5 Å². The maximum absolute atomic E-state index is 11.6. The molecule has 0 saturated carbocycles. The molecule has 0 bridgehead atoms. The summed E-state index contributed by atoms with van der Waals surface area (Å²) in [4.78, 5) is 20.7. The Morgan fingerprint density at radius 2 is 1.92 bits per heavy atom. The highest BCUT2D eigenvalue weighted by Gasteiger charge is 2.18. The molecule has 0 aliphatic carbocycles. The molecule has 12 nitrogen and oxygen atoms in total. The van der Waals surface area contributed by atoms with Crippen molar-refractivity contribution in [2.24, 2.45) is 0 Å². The molecule has 3 aromatic heterocycles. The first-order valence-electron chi connectivity index (χ1n) is 11.7. The van der Waals surface area contributed by atoms with Crippen LogP contribution in [0.2, 0.25) is 0 Å². The van der Waals surface area contributed by atoms with E-state index in [0.29, 0.717) is 51.3 Å². The Bertz CT molecular complexity index is 1800. The lowest BCUT2D eigenvalue weighted by atomic mass is 9.99. The van der Waals surface area contributed by atoms with Crippen molar-refractivity contribution >= 4 is 43.8 Å². The average molecular weight is 535 g/mol. The zero-order chi connectivity index (χ0) is 26.4. The highest BCUT2D eigenvalue weighted by molar-refractivity contribution is 7.85. The Morgan fingerprint density at radius 3 is 2.74 bits per heavy atom. The number of anilines is 2. The molecule has 0 unspecified atom stereocenters. The summed E-state index contributed by atoms with van der Waals surface area (Å²) in [6.45, 7) is 3.93. The SMILES string of the molecule is CC(C)Oc1nc(Nc2ccc3nc(CS(=O)(=O)O)cc(-c4ccc5c(c4)OCO5)c3c2)nc2[nH]cnc12. The van der Waals surface area contributed by atoms with Gasteiger partial charge in [-0.25, -0.2) is 4.98 Å². The summed E-state index contributed by atoms with van der Waals surface area (Å²) in [6, 6.07) is 12.5. The van der Waals surface area contributed by atoms with E-state index in [9.17, 15) is 13.0 Å². The van der Waals surface area contributed by atoms with Gasteiger partial charge in [0.25, 0.3) is 10.1 Å². The number of pyridine rings is 1. The third-order valence-corrected chi connectivity index (χ3v) is 6.39. The predicted octanol–water partition coefficient (Wildman–Crippen LogP) is 4.22. The Kier molecular flexibility index (Phi) is 5.73. The van der Waals surface area contributed by atoms with Crippen LogP contribution in [-0.2, 0) is 15.9 Å². The minimum absolute atomic E-state index is 0.106. The molecular formula is C25H22N6O6S. The second-order valence-electron chi connectivity index (χ2n) is 8.93. The number of benzene rings is 2. The van der Waals surface area contributed by atoms with Gasteiger partial charge >= 0.3 is 0 Å². The molecule has 38 heavy (non-hydrogen) atoms. The number of nitrogens with one attached hydrogen (secondary N) is 2. The van der Waals surface area contributed by atoms with E-state index in [1.165, 1.54) is 6.33 Å². The molecular weight excluding hydrogens is 512 g/mol. The number of fused-ring (bicyclic) bond motifs is 3. The Balaban J connectivity index is 1.45. The van der Waals surface area contributed by atoms with Gasteiger partial charge in [0.2, 0.25) is 18.6 Å². The zero-order valence-corrected chi connectivity index (χ0v) is 21.1. The van der Waals surface area contributed by atoms with Crippen LogP contribution >= 0.6 is 0 Å². The number of nitrogens with zero attached hydrogens (tertiary/aromatic N) is 4. The Hall–Kier alpha value is -4.49. The summed E-state index contributed by atoms with van der Waals surface area (Å²) in [6.07, 6.45) is 1.42. The van der Waals surface area contributed by atoms with Crippen molar-refractivity contribution in [2.45, 2.75) is 25.7 Å². The average Bonchev–Trinajstić information content (AvgIpc) is 3.51. The lowest BCUT2D eigenvalue weighted by molar-refractivity contribution is 0.174. The topological polar surface area (TPSA) is 161 Å². The van der Waals surface area contributed by atoms with Crippen molar-refractivity contribution in [3.63, 3.8) is 0 Å². The quantitative estimate of drug-likeness (QED) is 0.256. The van der Waals surface area contributed by atoms with E-state index in [0.717, 1.165) is 10.9 Å². The van der Waals surface area contributed by atoms with Crippen molar-refractivity contribution in [2.75, 3.05) is 12.1 Å². The normalized spacial score (nSPS) is 12.9. The number of aromatic amines is 1. The summed E-state index contributed by atoms with van der Waals surface area (Å²) in [7, 11) is -4.29. The first-order valence-corrected chi connectivity index (χ1v) is 13.3. The van der Waals surface area contributed by atoms with E-state index in [2.05, 4.69) is 30.2 Å². The molecule has 0 spiro atoms. The number of rotatable bonds is 7. The van der Waals surface area contributed by atoms with Gasteiger partial charge in [-0.3, -0.25) is 9.54 Å². The molecule has 2 aromatic carbocycles. The van der Waals surface area contributed by atoms with Gasteiger partial charge in [0, 0.05) is 11.1 Å². The third kappa shape index (κ3) is 4.76. The molecule has 0 atom stereocenters. The molecule has 1 aliphatic rings. The fraction of sp³-hybridized carbons (Fsp3) is 0.200. The minimum Gasteiger partial charge on any atom is -0.473 e. The fourth-order valence-electron chi connectivity index (χ4n) is 4.22. The molecule has 13 heteroatoms. The molecule has 6 rings (SSSR count). The summed E-state index contributed by atoms with van der Waals surface area (Å²) in [5.74, 6) is 1.25. The lowest BCUT2D eigenvalue weighted by Gasteiger charge is -2.13.